The fourth-order valence-electron chi connectivity index (χ4n) is 1.83. The van der Waals surface area contributed by atoms with Crippen molar-refractivity contribution in [3.05, 3.63) is 29.8 Å². The van der Waals surface area contributed by atoms with Crippen LogP contribution in [0.4, 0.5) is 4.79 Å². The molecule has 1 rings (SSSR count). The molecule has 23 heavy (non-hydrogen) atoms. The molecule has 7 nitrogen and oxygen atoms in total. The normalized spacial score (nSPS) is 14.9. The Kier molecular flexibility index (Phi) is 6.15. The number of benzene rings is 1. The van der Waals surface area contributed by atoms with Crippen molar-refractivity contribution in [1.29, 1.82) is 0 Å². The van der Waals surface area contributed by atoms with Crippen LogP contribution >= 0.6 is 0 Å². The molecule has 0 saturated carbocycles. The van der Waals surface area contributed by atoms with E-state index in [2.05, 4.69) is 5.32 Å². The standard InChI is InChI=1S/C15H23NO6S/c1-15(2,3)22-14(19)16-12(9-17)13(18)10-5-7-11(8-6-10)23(4,20)21/h5-8,12-13,17-18H,9H2,1-4H3,(H,16,19)/t12-,13-/m1/s1. The number of rotatable bonds is 5. The fraction of sp³-hybridized carbons (Fsp3) is 0.533. The van der Waals surface area contributed by atoms with Crippen LogP contribution in [-0.4, -0.2) is 49.2 Å². The Morgan fingerprint density at radius 3 is 2.17 bits per heavy atom. The molecule has 0 bridgehead atoms. The second-order valence-electron chi connectivity index (χ2n) is 6.22. The number of aliphatic hydroxyl groups is 2. The summed E-state index contributed by atoms with van der Waals surface area (Å²) in [6, 6.07) is 4.60. The SMILES string of the molecule is CC(C)(C)OC(=O)N[C@H](CO)[C@H](O)c1ccc(S(C)(=O)=O)cc1. The number of ether oxygens (including phenoxy) is 1. The van der Waals surface area contributed by atoms with E-state index in [1.54, 1.807) is 20.8 Å². The van der Waals surface area contributed by atoms with Gasteiger partial charge < -0.3 is 20.3 Å². The number of aliphatic hydroxyl groups excluding tert-OH is 2. The number of alkyl carbamates (subject to hydrolysis) is 1. The summed E-state index contributed by atoms with van der Waals surface area (Å²) in [7, 11) is -3.33. The lowest BCUT2D eigenvalue weighted by atomic mass is 10.0. The quantitative estimate of drug-likeness (QED) is 0.734. The smallest absolute Gasteiger partial charge is 0.408 e. The molecule has 0 saturated heterocycles. The van der Waals surface area contributed by atoms with E-state index in [4.69, 9.17) is 4.74 Å². The maximum Gasteiger partial charge on any atom is 0.408 e. The van der Waals surface area contributed by atoms with Crippen molar-refractivity contribution in [3.8, 4) is 0 Å². The number of hydrogen-bond acceptors (Lipinski definition) is 6. The van der Waals surface area contributed by atoms with Crippen molar-refractivity contribution in [2.45, 2.75) is 43.4 Å². The van der Waals surface area contributed by atoms with Crippen molar-refractivity contribution < 1.29 is 28.2 Å². The van der Waals surface area contributed by atoms with Gasteiger partial charge in [0.1, 0.15) is 11.7 Å². The van der Waals surface area contributed by atoms with Gasteiger partial charge in [-0.2, -0.15) is 0 Å². The average molecular weight is 345 g/mol. The lowest BCUT2D eigenvalue weighted by Gasteiger charge is -2.25. The molecule has 130 valence electrons. The molecule has 1 aromatic rings. The van der Waals surface area contributed by atoms with Crippen LogP contribution in [0.15, 0.2) is 29.2 Å². The molecule has 0 spiro atoms. The lowest BCUT2D eigenvalue weighted by molar-refractivity contribution is 0.0349. The van der Waals surface area contributed by atoms with E-state index in [9.17, 15) is 23.4 Å². The highest BCUT2D eigenvalue weighted by molar-refractivity contribution is 7.90. The molecule has 0 aliphatic rings. The Hall–Kier alpha value is -1.64. The fourth-order valence-corrected chi connectivity index (χ4v) is 2.46. The van der Waals surface area contributed by atoms with Gasteiger partial charge in [0, 0.05) is 6.26 Å². The molecule has 1 amide bonds. The first-order valence-corrected chi connectivity index (χ1v) is 8.91. The topological polar surface area (TPSA) is 113 Å². The predicted molar refractivity (Wildman–Crippen MR) is 84.8 cm³/mol. The van der Waals surface area contributed by atoms with Crippen LogP contribution in [0.2, 0.25) is 0 Å². The van der Waals surface area contributed by atoms with Crippen molar-refractivity contribution in [2.75, 3.05) is 12.9 Å². The minimum atomic E-state index is -3.33. The van der Waals surface area contributed by atoms with Crippen LogP contribution in [0.3, 0.4) is 0 Å². The third-order valence-electron chi connectivity index (χ3n) is 2.93. The second-order valence-corrected chi connectivity index (χ2v) is 8.24. The Bertz CT molecular complexity index is 633. The number of sulfone groups is 1. The number of carbonyl (C=O) groups excluding carboxylic acids is 1. The van der Waals surface area contributed by atoms with Gasteiger partial charge in [0.05, 0.1) is 17.5 Å². The van der Waals surface area contributed by atoms with Crippen LogP contribution in [-0.2, 0) is 14.6 Å². The zero-order valence-corrected chi connectivity index (χ0v) is 14.4. The summed E-state index contributed by atoms with van der Waals surface area (Å²) in [5.74, 6) is 0. The van der Waals surface area contributed by atoms with E-state index in [1.807, 2.05) is 0 Å². The van der Waals surface area contributed by atoms with Gasteiger partial charge in [-0.15, -0.1) is 0 Å². The van der Waals surface area contributed by atoms with Crippen molar-refractivity contribution in [1.82, 2.24) is 5.32 Å². The molecule has 0 heterocycles. The largest absolute Gasteiger partial charge is 0.444 e. The highest BCUT2D eigenvalue weighted by Crippen LogP contribution is 2.20. The van der Waals surface area contributed by atoms with Gasteiger partial charge in [0.15, 0.2) is 9.84 Å². The molecule has 0 unspecified atom stereocenters. The third kappa shape index (κ3) is 6.17. The maximum absolute atomic E-state index is 11.7. The van der Waals surface area contributed by atoms with E-state index in [1.165, 1.54) is 24.3 Å². The number of hydrogen-bond donors (Lipinski definition) is 3. The monoisotopic (exact) mass is 345 g/mol. The summed E-state index contributed by atoms with van der Waals surface area (Å²) in [5, 5.41) is 22.0. The number of nitrogens with one attached hydrogen (secondary N) is 1. The third-order valence-corrected chi connectivity index (χ3v) is 4.06. The average Bonchev–Trinajstić information content (AvgIpc) is 2.41. The molecule has 0 aliphatic heterocycles. The van der Waals surface area contributed by atoms with Crippen molar-refractivity contribution in [3.63, 3.8) is 0 Å². The minimum absolute atomic E-state index is 0.120. The van der Waals surface area contributed by atoms with E-state index < -0.39 is 40.3 Å². The Balaban J connectivity index is 2.84. The second kappa shape index (κ2) is 7.29. The highest BCUT2D eigenvalue weighted by atomic mass is 32.2. The molecule has 0 fully saturated rings. The molecule has 0 aliphatic carbocycles. The van der Waals surface area contributed by atoms with Gasteiger partial charge in [-0.25, -0.2) is 13.2 Å². The van der Waals surface area contributed by atoms with Crippen LogP contribution in [0.1, 0.15) is 32.4 Å². The van der Waals surface area contributed by atoms with Crippen LogP contribution < -0.4 is 5.32 Å². The first-order chi connectivity index (χ1) is 10.4. The molecule has 0 radical (unpaired) electrons. The summed E-state index contributed by atoms with van der Waals surface area (Å²) < 4.78 is 27.9. The Morgan fingerprint density at radius 2 is 1.78 bits per heavy atom. The summed E-state index contributed by atoms with van der Waals surface area (Å²) in [4.78, 5) is 11.8. The van der Waals surface area contributed by atoms with E-state index in [-0.39, 0.29) is 4.90 Å². The predicted octanol–water partition coefficient (Wildman–Crippen LogP) is 1.01. The summed E-state index contributed by atoms with van der Waals surface area (Å²) in [6.45, 7) is 4.58. The van der Waals surface area contributed by atoms with E-state index in [0.717, 1.165) is 6.26 Å². The van der Waals surface area contributed by atoms with Crippen molar-refractivity contribution in [2.24, 2.45) is 0 Å². The van der Waals surface area contributed by atoms with Gasteiger partial charge in [-0.1, -0.05) is 12.1 Å². The van der Waals surface area contributed by atoms with E-state index in [0.29, 0.717) is 5.56 Å². The molecular formula is C15H23NO6S. The van der Waals surface area contributed by atoms with Crippen LogP contribution in [0.25, 0.3) is 0 Å². The number of carbonyl (C=O) groups is 1. The van der Waals surface area contributed by atoms with Gasteiger partial charge in [-0.3, -0.25) is 0 Å². The first kappa shape index (κ1) is 19.4. The van der Waals surface area contributed by atoms with Crippen LogP contribution in [0.5, 0.6) is 0 Å². The molecule has 2 atom stereocenters. The molecule has 3 N–H and O–H groups in total. The minimum Gasteiger partial charge on any atom is -0.444 e. The van der Waals surface area contributed by atoms with Crippen molar-refractivity contribution >= 4 is 15.9 Å². The number of amides is 1. The zero-order chi connectivity index (χ0) is 17.8. The molecule has 1 aromatic carbocycles. The summed E-state index contributed by atoms with van der Waals surface area (Å²) >= 11 is 0. The van der Waals surface area contributed by atoms with Crippen LogP contribution in [0, 0.1) is 0 Å². The van der Waals surface area contributed by atoms with E-state index >= 15 is 0 Å². The summed E-state index contributed by atoms with van der Waals surface area (Å²) in [6.07, 6.45) is -0.886. The van der Waals surface area contributed by atoms with Gasteiger partial charge in [0.2, 0.25) is 0 Å². The highest BCUT2D eigenvalue weighted by Gasteiger charge is 2.25. The molecule has 0 aromatic heterocycles. The summed E-state index contributed by atoms with van der Waals surface area (Å²) in [5.41, 5.74) is -0.334. The van der Waals surface area contributed by atoms with Gasteiger partial charge in [0.25, 0.3) is 0 Å². The molecular weight excluding hydrogens is 322 g/mol. The van der Waals surface area contributed by atoms with Gasteiger partial charge in [-0.05, 0) is 38.5 Å². The maximum atomic E-state index is 11.7. The van der Waals surface area contributed by atoms with Gasteiger partial charge >= 0.3 is 6.09 Å². The first-order valence-electron chi connectivity index (χ1n) is 7.02. The Labute approximate surface area is 136 Å². The molecule has 8 heteroatoms. The lowest BCUT2D eigenvalue weighted by Crippen LogP contribution is -2.44. The Morgan fingerprint density at radius 1 is 1.26 bits per heavy atom. The zero-order valence-electron chi connectivity index (χ0n) is 13.6.